The molecule has 0 unspecified atom stereocenters. The summed E-state index contributed by atoms with van der Waals surface area (Å²) < 4.78 is 4.98. The highest BCUT2D eigenvalue weighted by Crippen LogP contribution is 2.22. The van der Waals surface area contributed by atoms with Crippen LogP contribution in [-0.2, 0) is 4.79 Å². The zero-order chi connectivity index (χ0) is 19.7. The smallest absolute Gasteiger partial charge is 0.406 e. The maximum Gasteiger partial charge on any atom is 0.418 e. The van der Waals surface area contributed by atoms with Crippen LogP contribution in [0.3, 0.4) is 0 Å². The summed E-state index contributed by atoms with van der Waals surface area (Å²) in [6, 6.07) is 9.60. The molecule has 0 saturated carbocycles. The highest BCUT2D eigenvalue weighted by Gasteiger charge is 2.26. The molecule has 1 fully saturated rings. The van der Waals surface area contributed by atoms with E-state index in [9.17, 15) is 9.59 Å². The monoisotopic (exact) mass is 401 g/mol. The topological polar surface area (TPSA) is 94.5 Å². The van der Waals surface area contributed by atoms with E-state index in [-0.39, 0.29) is 18.5 Å². The third-order valence-corrected chi connectivity index (χ3v) is 5.11. The molecule has 0 radical (unpaired) electrons. The van der Waals surface area contributed by atoms with E-state index in [4.69, 9.17) is 16.0 Å². The molecule has 9 heteroatoms. The number of benzene rings is 1. The highest BCUT2D eigenvalue weighted by atomic mass is 35.5. The number of carbonyl (C=O) groups is 1. The van der Waals surface area contributed by atoms with E-state index in [1.54, 1.807) is 12.3 Å². The third-order valence-electron chi connectivity index (χ3n) is 4.86. The van der Waals surface area contributed by atoms with Crippen LogP contribution in [0.15, 0.2) is 45.7 Å². The Hall–Kier alpha value is -3.00. The number of hydrogen-bond donors (Lipinski definition) is 2. The normalized spacial score (nSPS) is 17.1. The van der Waals surface area contributed by atoms with E-state index in [1.165, 1.54) is 0 Å². The number of pyridine rings is 1. The number of fused-ring (bicyclic) bond motifs is 1. The molecule has 1 saturated heterocycles. The number of nitrogens with one attached hydrogen (secondary N) is 2. The predicted octanol–water partition coefficient (Wildman–Crippen LogP) is 2.32. The average molecular weight is 402 g/mol. The van der Waals surface area contributed by atoms with Gasteiger partial charge in [-0.25, -0.2) is 9.78 Å². The number of halogens is 1. The first-order valence-corrected chi connectivity index (χ1v) is 9.40. The maximum atomic E-state index is 12.6. The number of aromatic amines is 1. The van der Waals surface area contributed by atoms with Crippen LogP contribution < -0.4 is 16.0 Å². The van der Waals surface area contributed by atoms with Gasteiger partial charge in [0, 0.05) is 42.5 Å². The van der Waals surface area contributed by atoms with Crippen molar-refractivity contribution in [3.63, 3.8) is 0 Å². The van der Waals surface area contributed by atoms with Gasteiger partial charge in [0.15, 0.2) is 11.2 Å². The van der Waals surface area contributed by atoms with Gasteiger partial charge in [-0.1, -0.05) is 11.6 Å². The molecule has 3 aromatic rings. The Labute approximate surface area is 166 Å². The van der Waals surface area contributed by atoms with Crippen LogP contribution in [-0.4, -0.2) is 53.0 Å². The number of amides is 1. The molecule has 1 atom stereocenters. The number of carbonyl (C=O) groups excluding carboxylic acids is 1. The number of aromatic nitrogens is 2. The van der Waals surface area contributed by atoms with E-state index in [1.807, 2.05) is 29.2 Å². The molecule has 2 aromatic heterocycles. The fourth-order valence-corrected chi connectivity index (χ4v) is 3.55. The lowest BCUT2D eigenvalue weighted by Gasteiger charge is -2.41. The Morgan fingerprint density at radius 3 is 2.89 bits per heavy atom. The molecule has 0 spiro atoms. The molecule has 0 bridgehead atoms. The van der Waals surface area contributed by atoms with Gasteiger partial charge in [-0.05, 0) is 31.2 Å². The molecule has 2 N–H and O–H groups in total. The maximum absolute atomic E-state index is 12.6. The summed E-state index contributed by atoms with van der Waals surface area (Å²) in [5, 5.41) is 3.76. The van der Waals surface area contributed by atoms with Gasteiger partial charge >= 0.3 is 5.76 Å². The fraction of sp³-hybridized carbons (Fsp3) is 0.316. The van der Waals surface area contributed by atoms with Crippen molar-refractivity contribution in [2.75, 3.05) is 36.4 Å². The van der Waals surface area contributed by atoms with Crippen LogP contribution in [0.1, 0.15) is 6.92 Å². The van der Waals surface area contributed by atoms with Crippen LogP contribution in [0.4, 0.5) is 11.4 Å². The molecule has 146 valence electrons. The molecule has 0 aliphatic carbocycles. The van der Waals surface area contributed by atoms with E-state index >= 15 is 0 Å². The minimum atomic E-state index is -0.553. The number of rotatable bonds is 4. The van der Waals surface area contributed by atoms with Gasteiger partial charge in [-0.15, -0.1) is 0 Å². The number of nitrogens with zero attached hydrogens (tertiary/aromatic N) is 3. The van der Waals surface area contributed by atoms with Gasteiger partial charge in [0.1, 0.15) is 0 Å². The predicted molar refractivity (Wildman–Crippen MR) is 108 cm³/mol. The lowest BCUT2D eigenvalue weighted by Crippen LogP contribution is -2.54. The first-order chi connectivity index (χ1) is 13.5. The molecule has 4 rings (SSSR count). The Morgan fingerprint density at radius 2 is 2.14 bits per heavy atom. The minimum absolute atomic E-state index is 0.0122. The summed E-state index contributed by atoms with van der Waals surface area (Å²) in [5.41, 5.74) is 2.47. The van der Waals surface area contributed by atoms with E-state index in [0.717, 1.165) is 12.2 Å². The number of oxazole rings is 1. The molecule has 28 heavy (non-hydrogen) atoms. The Balaban J connectivity index is 1.35. The van der Waals surface area contributed by atoms with Crippen molar-refractivity contribution in [3.05, 3.63) is 52.1 Å². The highest BCUT2D eigenvalue weighted by molar-refractivity contribution is 6.30. The number of anilines is 2. The van der Waals surface area contributed by atoms with Crippen LogP contribution in [0, 0.1) is 0 Å². The Bertz CT molecular complexity index is 1050. The standard InChI is InChI=1S/C19H20ClN5O3/c1-12-11-24(6-7-25(12)15-4-2-13(20)3-5-15)17(26)10-21-14-8-16-18(22-9-14)23-19(27)28-16/h2-5,8-9,12,21H,6-7,10-11H2,1H3,(H,22,23,27)/t12-/m1/s1. The van der Waals surface area contributed by atoms with Gasteiger partial charge in [-0.2, -0.15) is 0 Å². The Kier molecular flexibility index (Phi) is 4.95. The summed E-state index contributed by atoms with van der Waals surface area (Å²) in [5.74, 6) is -0.540. The van der Waals surface area contributed by atoms with Crippen molar-refractivity contribution in [1.29, 1.82) is 0 Å². The first kappa shape index (κ1) is 18.4. The van der Waals surface area contributed by atoms with Crippen molar-refractivity contribution in [2.45, 2.75) is 13.0 Å². The minimum Gasteiger partial charge on any atom is -0.406 e. The van der Waals surface area contributed by atoms with Gasteiger partial charge in [-0.3, -0.25) is 9.78 Å². The second kappa shape index (κ2) is 7.55. The summed E-state index contributed by atoms with van der Waals surface area (Å²) in [6.07, 6.45) is 1.56. The number of piperazine rings is 1. The molecule has 1 amide bonds. The van der Waals surface area contributed by atoms with Crippen LogP contribution >= 0.6 is 11.6 Å². The SMILES string of the molecule is C[C@@H]1CN(C(=O)CNc2cnc3[nH]c(=O)oc3c2)CCN1c1ccc(Cl)cc1. The third kappa shape index (κ3) is 3.82. The molecule has 3 heterocycles. The first-order valence-electron chi connectivity index (χ1n) is 9.02. The molecule has 1 aliphatic heterocycles. The second-order valence-electron chi connectivity index (χ2n) is 6.80. The van der Waals surface area contributed by atoms with Crippen molar-refractivity contribution in [1.82, 2.24) is 14.9 Å². The zero-order valence-corrected chi connectivity index (χ0v) is 16.1. The molecular formula is C19H20ClN5O3. The van der Waals surface area contributed by atoms with E-state index in [2.05, 4.69) is 27.1 Å². The summed E-state index contributed by atoms with van der Waals surface area (Å²) in [4.78, 5) is 34.5. The van der Waals surface area contributed by atoms with Crippen molar-refractivity contribution in [3.8, 4) is 0 Å². The van der Waals surface area contributed by atoms with Crippen LogP contribution in [0.5, 0.6) is 0 Å². The molecule has 1 aliphatic rings. The van der Waals surface area contributed by atoms with Gasteiger partial charge in [0.05, 0.1) is 18.4 Å². The average Bonchev–Trinajstić information content (AvgIpc) is 3.06. The fourth-order valence-electron chi connectivity index (χ4n) is 3.42. The van der Waals surface area contributed by atoms with Gasteiger partial charge in [0.25, 0.3) is 0 Å². The largest absolute Gasteiger partial charge is 0.418 e. The molecule has 8 nitrogen and oxygen atoms in total. The summed E-state index contributed by atoms with van der Waals surface area (Å²) >= 11 is 5.96. The van der Waals surface area contributed by atoms with Crippen molar-refractivity contribution < 1.29 is 9.21 Å². The van der Waals surface area contributed by atoms with Crippen LogP contribution in [0.2, 0.25) is 5.02 Å². The van der Waals surface area contributed by atoms with Crippen molar-refractivity contribution >= 4 is 40.1 Å². The quantitative estimate of drug-likeness (QED) is 0.696. The molecular weight excluding hydrogens is 382 g/mol. The number of H-pyrrole nitrogens is 1. The van der Waals surface area contributed by atoms with Gasteiger partial charge < -0.3 is 19.5 Å². The zero-order valence-electron chi connectivity index (χ0n) is 15.3. The van der Waals surface area contributed by atoms with Gasteiger partial charge in [0.2, 0.25) is 5.91 Å². The lowest BCUT2D eigenvalue weighted by atomic mass is 10.1. The lowest BCUT2D eigenvalue weighted by molar-refractivity contribution is -0.130. The number of hydrogen-bond acceptors (Lipinski definition) is 6. The summed E-state index contributed by atoms with van der Waals surface area (Å²) in [7, 11) is 0. The molecule has 1 aromatic carbocycles. The van der Waals surface area contributed by atoms with E-state index in [0.29, 0.717) is 35.0 Å². The van der Waals surface area contributed by atoms with Crippen LogP contribution in [0.25, 0.3) is 11.2 Å². The van der Waals surface area contributed by atoms with E-state index < -0.39 is 5.76 Å². The Morgan fingerprint density at radius 1 is 1.36 bits per heavy atom. The van der Waals surface area contributed by atoms with Crippen molar-refractivity contribution in [2.24, 2.45) is 0 Å². The summed E-state index contributed by atoms with van der Waals surface area (Å²) in [6.45, 7) is 4.31. The second-order valence-corrected chi connectivity index (χ2v) is 7.23.